The minimum Gasteiger partial charge on any atom is -0.465 e. The van der Waals surface area contributed by atoms with Gasteiger partial charge in [0.25, 0.3) is 0 Å². The molecule has 0 spiro atoms. The molecule has 6 heteroatoms. The Morgan fingerprint density at radius 1 is 1.53 bits per heavy atom. The van der Waals surface area contributed by atoms with Crippen molar-refractivity contribution in [3.63, 3.8) is 0 Å². The zero-order valence-electron chi connectivity index (χ0n) is 10.7. The van der Waals surface area contributed by atoms with Crippen LogP contribution in [0.3, 0.4) is 0 Å². The zero-order chi connectivity index (χ0) is 13.8. The van der Waals surface area contributed by atoms with E-state index in [-0.39, 0.29) is 0 Å². The predicted octanol–water partition coefficient (Wildman–Crippen LogP) is 2.77. The SMILES string of the molecule is COC(=O)c1cc(Cl)ccc1NCc1cn[nH]c1C. The van der Waals surface area contributed by atoms with Gasteiger partial charge in [-0.3, -0.25) is 5.10 Å². The highest BCUT2D eigenvalue weighted by molar-refractivity contribution is 6.31. The fraction of sp³-hybridized carbons (Fsp3) is 0.231. The maximum absolute atomic E-state index is 11.7. The second-order valence-corrected chi connectivity index (χ2v) is 4.49. The summed E-state index contributed by atoms with van der Waals surface area (Å²) in [4.78, 5) is 11.7. The van der Waals surface area contributed by atoms with Gasteiger partial charge in [-0.25, -0.2) is 4.79 Å². The van der Waals surface area contributed by atoms with Crippen LogP contribution >= 0.6 is 11.6 Å². The lowest BCUT2D eigenvalue weighted by Crippen LogP contribution is -2.08. The molecular weight excluding hydrogens is 266 g/mol. The number of H-pyrrole nitrogens is 1. The minimum absolute atomic E-state index is 0.413. The molecule has 1 aromatic carbocycles. The summed E-state index contributed by atoms with van der Waals surface area (Å²) < 4.78 is 4.74. The van der Waals surface area contributed by atoms with Gasteiger partial charge in [-0.1, -0.05) is 11.6 Å². The number of carbonyl (C=O) groups is 1. The molecule has 0 aliphatic carbocycles. The number of benzene rings is 1. The van der Waals surface area contributed by atoms with Crippen molar-refractivity contribution in [2.24, 2.45) is 0 Å². The van der Waals surface area contributed by atoms with E-state index in [1.165, 1.54) is 7.11 Å². The summed E-state index contributed by atoms with van der Waals surface area (Å²) in [7, 11) is 1.34. The van der Waals surface area contributed by atoms with Gasteiger partial charge in [0.15, 0.2) is 0 Å². The second-order valence-electron chi connectivity index (χ2n) is 4.06. The molecular formula is C13H14ClN3O2. The number of methoxy groups -OCH3 is 1. The Morgan fingerprint density at radius 2 is 2.32 bits per heavy atom. The van der Waals surface area contributed by atoms with Gasteiger partial charge in [-0.05, 0) is 25.1 Å². The van der Waals surface area contributed by atoms with Gasteiger partial charge in [-0.15, -0.1) is 0 Å². The first-order chi connectivity index (χ1) is 9.11. The summed E-state index contributed by atoms with van der Waals surface area (Å²) in [6.45, 7) is 2.50. The highest BCUT2D eigenvalue weighted by Crippen LogP contribution is 2.22. The molecule has 100 valence electrons. The van der Waals surface area contributed by atoms with Crippen molar-refractivity contribution < 1.29 is 9.53 Å². The topological polar surface area (TPSA) is 67.0 Å². The lowest BCUT2D eigenvalue weighted by molar-refractivity contribution is 0.0602. The standard InChI is InChI=1S/C13H14ClN3O2/c1-8-9(7-16-17-8)6-15-12-4-3-10(14)5-11(12)13(18)19-2/h3-5,7,15H,6H2,1-2H3,(H,16,17). The molecule has 2 rings (SSSR count). The number of hydrogen-bond donors (Lipinski definition) is 2. The number of esters is 1. The molecule has 1 heterocycles. The Bertz CT molecular complexity index is 595. The molecule has 0 atom stereocenters. The number of hydrogen-bond acceptors (Lipinski definition) is 4. The molecule has 0 bridgehead atoms. The van der Waals surface area contributed by atoms with Gasteiger partial charge in [0, 0.05) is 28.5 Å². The summed E-state index contributed by atoms with van der Waals surface area (Å²) in [5.41, 5.74) is 3.11. The highest BCUT2D eigenvalue weighted by Gasteiger charge is 2.12. The van der Waals surface area contributed by atoms with Crippen LogP contribution in [-0.4, -0.2) is 23.3 Å². The van der Waals surface area contributed by atoms with E-state index >= 15 is 0 Å². The van der Waals surface area contributed by atoms with Crippen LogP contribution in [0.2, 0.25) is 5.02 Å². The third kappa shape index (κ3) is 3.06. The van der Waals surface area contributed by atoms with Gasteiger partial charge in [0.1, 0.15) is 0 Å². The van der Waals surface area contributed by atoms with Gasteiger partial charge >= 0.3 is 5.97 Å². The Balaban J connectivity index is 2.20. The largest absolute Gasteiger partial charge is 0.465 e. The van der Waals surface area contributed by atoms with Crippen molar-refractivity contribution in [3.05, 3.63) is 46.2 Å². The summed E-state index contributed by atoms with van der Waals surface area (Å²) in [5.74, 6) is -0.422. The Kier molecular flexibility index (Phi) is 4.06. The first-order valence-corrected chi connectivity index (χ1v) is 6.10. The number of nitrogens with zero attached hydrogens (tertiary/aromatic N) is 1. The quantitative estimate of drug-likeness (QED) is 0.845. The van der Waals surface area contributed by atoms with Crippen molar-refractivity contribution in [3.8, 4) is 0 Å². The summed E-state index contributed by atoms with van der Waals surface area (Å²) in [6.07, 6.45) is 1.75. The number of carbonyl (C=O) groups excluding carboxylic acids is 1. The fourth-order valence-corrected chi connectivity index (χ4v) is 1.87. The maximum Gasteiger partial charge on any atom is 0.340 e. The first kappa shape index (κ1) is 13.4. The number of rotatable bonds is 4. The van der Waals surface area contributed by atoms with Crippen LogP contribution in [0.4, 0.5) is 5.69 Å². The number of halogens is 1. The average Bonchev–Trinajstić information content (AvgIpc) is 2.82. The van der Waals surface area contributed by atoms with Gasteiger partial charge < -0.3 is 10.1 Å². The average molecular weight is 280 g/mol. The molecule has 0 aliphatic heterocycles. The summed E-state index contributed by atoms with van der Waals surface area (Å²) >= 11 is 5.89. The van der Waals surface area contributed by atoms with E-state index in [1.807, 2.05) is 6.92 Å². The summed E-state index contributed by atoms with van der Waals surface area (Å²) in [6, 6.07) is 5.06. The van der Waals surface area contributed by atoms with Crippen LogP contribution in [0.1, 0.15) is 21.6 Å². The van der Waals surface area contributed by atoms with Crippen LogP contribution in [-0.2, 0) is 11.3 Å². The van der Waals surface area contributed by atoms with E-state index in [0.29, 0.717) is 22.8 Å². The molecule has 0 radical (unpaired) electrons. The molecule has 0 saturated carbocycles. The minimum atomic E-state index is -0.422. The number of ether oxygens (including phenoxy) is 1. The lowest BCUT2D eigenvalue weighted by atomic mass is 10.1. The van der Waals surface area contributed by atoms with Gasteiger partial charge in [0.05, 0.1) is 18.9 Å². The Hall–Kier alpha value is -2.01. The van der Waals surface area contributed by atoms with Crippen LogP contribution < -0.4 is 5.32 Å². The number of aromatic amines is 1. The van der Waals surface area contributed by atoms with Crippen molar-refractivity contribution >= 4 is 23.3 Å². The number of nitrogens with one attached hydrogen (secondary N) is 2. The molecule has 2 N–H and O–H groups in total. The number of anilines is 1. The van der Waals surface area contributed by atoms with E-state index in [9.17, 15) is 4.79 Å². The first-order valence-electron chi connectivity index (χ1n) is 5.72. The molecule has 0 fully saturated rings. The third-order valence-corrected chi connectivity index (χ3v) is 3.03. The van der Waals surface area contributed by atoms with E-state index in [1.54, 1.807) is 24.4 Å². The van der Waals surface area contributed by atoms with Crippen LogP contribution in [0.5, 0.6) is 0 Å². The van der Waals surface area contributed by atoms with Crippen molar-refractivity contribution in [2.75, 3.05) is 12.4 Å². The normalized spacial score (nSPS) is 10.3. The van der Waals surface area contributed by atoms with Crippen molar-refractivity contribution in [2.45, 2.75) is 13.5 Å². The van der Waals surface area contributed by atoms with Gasteiger partial charge in [0.2, 0.25) is 0 Å². The zero-order valence-corrected chi connectivity index (χ0v) is 11.4. The van der Waals surface area contributed by atoms with E-state index in [2.05, 4.69) is 15.5 Å². The monoisotopic (exact) mass is 279 g/mol. The van der Waals surface area contributed by atoms with E-state index in [4.69, 9.17) is 16.3 Å². The molecule has 1 aromatic heterocycles. The predicted molar refractivity (Wildman–Crippen MR) is 73.4 cm³/mol. The van der Waals surface area contributed by atoms with Crippen LogP contribution in [0.15, 0.2) is 24.4 Å². The number of aryl methyl sites for hydroxylation is 1. The Morgan fingerprint density at radius 3 is 2.95 bits per heavy atom. The molecule has 2 aromatic rings. The van der Waals surface area contributed by atoms with Crippen molar-refractivity contribution in [1.29, 1.82) is 0 Å². The molecule has 0 saturated heterocycles. The lowest BCUT2D eigenvalue weighted by Gasteiger charge is -2.10. The van der Waals surface area contributed by atoms with E-state index in [0.717, 1.165) is 11.3 Å². The van der Waals surface area contributed by atoms with E-state index < -0.39 is 5.97 Å². The fourth-order valence-electron chi connectivity index (χ4n) is 1.69. The highest BCUT2D eigenvalue weighted by atomic mass is 35.5. The van der Waals surface area contributed by atoms with Crippen molar-refractivity contribution in [1.82, 2.24) is 10.2 Å². The molecule has 19 heavy (non-hydrogen) atoms. The molecule has 0 aliphatic rings. The van der Waals surface area contributed by atoms with Crippen LogP contribution in [0.25, 0.3) is 0 Å². The second kappa shape index (κ2) is 5.75. The smallest absolute Gasteiger partial charge is 0.340 e. The van der Waals surface area contributed by atoms with Gasteiger partial charge in [-0.2, -0.15) is 5.10 Å². The van der Waals surface area contributed by atoms with Crippen LogP contribution in [0, 0.1) is 6.92 Å². The number of aromatic nitrogens is 2. The third-order valence-electron chi connectivity index (χ3n) is 2.79. The molecule has 0 unspecified atom stereocenters. The Labute approximate surface area is 115 Å². The summed E-state index contributed by atoms with van der Waals surface area (Å²) in [5, 5.41) is 10.5. The molecule has 0 amide bonds. The maximum atomic E-state index is 11.7. The molecule has 5 nitrogen and oxygen atoms in total.